The zero-order valence-corrected chi connectivity index (χ0v) is 10.5. The molecule has 2 aromatic rings. The molecule has 1 aliphatic carbocycles. The maximum absolute atomic E-state index is 12.1. The number of hydrogen-bond acceptors (Lipinski definition) is 2. The average molecular weight is 250 g/mol. The lowest BCUT2D eigenvalue weighted by Gasteiger charge is -2.10. The Labute approximate surface area is 111 Å². The summed E-state index contributed by atoms with van der Waals surface area (Å²) in [7, 11) is 0. The second-order valence-electron chi connectivity index (χ2n) is 4.98. The molecular weight excluding hydrogens is 236 g/mol. The summed E-state index contributed by atoms with van der Waals surface area (Å²) in [6, 6.07) is 15.3. The second kappa shape index (κ2) is 4.74. The first-order valence-electron chi connectivity index (χ1n) is 6.47. The van der Waals surface area contributed by atoms with Gasteiger partial charge in [0.2, 0.25) is 0 Å². The van der Waals surface area contributed by atoms with Crippen molar-refractivity contribution in [3.8, 4) is 6.07 Å². The fraction of sp³-hybridized carbons (Fsp3) is 0.250. The standard InChI is InChI=1S/C16H14N2O/c17-10-15(12-6-7-12)18-16(19)14-8-5-11-3-1-2-4-13(11)9-14/h1-5,8-9,12,15H,6-7H2,(H,18,19). The molecule has 3 rings (SSSR count). The molecule has 0 aliphatic heterocycles. The van der Waals surface area contributed by atoms with E-state index < -0.39 is 0 Å². The highest BCUT2D eigenvalue weighted by molar-refractivity contribution is 5.98. The van der Waals surface area contributed by atoms with Gasteiger partial charge in [-0.1, -0.05) is 30.3 Å². The third-order valence-electron chi connectivity index (χ3n) is 3.53. The first-order chi connectivity index (χ1) is 9.28. The van der Waals surface area contributed by atoms with Crippen LogP contribution in [0.3, 0.4) is 0 Å². The third kappa shape index (κ3) is 2.43. The van der Waals surface area contributed by atoms with Gasteiger partial charge in [-0.15, -0.1) is 0 Å². The van der Waals surface area contributed by atoms with E-state index in [4.69, 9.17) is 5.26 Å². The number of hydrogen-bond donors (Lipinski definition) is 1. The van der Waals surface area contributed by atoms with Crippen LogP contribution in [0.1, 0.15) is 23.2 Å². The number of benzene rings is 2. The van der Waals surface area contributed by atoms with Crippen LogP contribution >= 0.6 is 0 Å². The van der Waals surface area contributed by atoms with Crippen LogP contribution in [0.4, 0.5) is 0 Å². The quantitative estimate of drug-likeness (QED) is 0.910. The van der Waals surface area contributed by atoms with Gasteiger partial charge in [0.1, 0.15) is 6.04 Å². The molecule has 1 fully saturated rings. The van der Waals surface area contributed by atoms with Crippen LogP contribution in [-0.2, 0) is 0 Å². The minimum Gasteiger partial charge on any atom is -0.336 e. The average Bonchev–Trinajstić information content (AvgIpc) is 3.28. The number of nitriles is 1. The van der Waals surface area contributed by atoms with E-state index in [0.29, 0.717) is 11.5 Å². The lowest BCUT2D eigenvalue weighted by molar-refractivity contribution is 0.0942. The topological polar surface area (TPSA) is 52.9 Å². The normalized spacial score (nSPS) is 15.7. The number of nitrogens with one attached hydrogen (secondary N) is 1. The maximum Gasteiger partial charge on any atom is 0.252 e. The van der Waals surface area contributed by atoms with Crippen molar-refractivity contribution < 1.29 is 4.79 Å². The van der Waals surface area contributed by atoms with E-state index in [-0.39, 0.29) is 11.9 Å². The Morgan fingerprint density at radius 3 is 2.63 bits per heavy atom. The molecule has 1 saturated carbocycles. The first kappa shape index (κ1) is 11.7. The van der Waals surface area contributed by atoms with Crippen LogP contribution in [0.5, 0.6) is 0 Å². The van der Waals surface area contributed by atoms with Crippen LogP contribution in [0.25, 0.3) is 10.8 Å². The predicted octanol–water partition coefficient (Wildman–Crippen LogP) is 2.87. The molecule has 0 aromatic heterocycles. The Morgan fingerprint density at radius 2 is 1.95 bits per heavy atom. The molecule has 0 spiro atoms. The van der Waals surface area contributed by atoms with Gasteiger partial charge in [-0.3, -0.25) is 4.79 Å². The molecule has 2 aromatic carbocycles. The Bertz CT molecular complexity index is 668. The molecular formula is C16H14N2O. The summed E-state index contributed by atoms with van der Waals surface area (Å²) in [6.45, 7) is 0. The van der Waals surface area contributed by atoms with Crippen molar-refractivity contribution in [2.24, 2.45) is 5.92 Å². The lowest BCUT2D eigenvalue weighted by Crippen LogP contribution is -2.35. The molecule has 3 nitrogen and oxygen atoms in total. The van der Waals surface area contributed by atoms with Gasteiger partial charge in [0.15, 0.2) is 0 Å². The zero-order chi connectivity index (χ0) is 13.2. The van der Waals surface area contributed by atoms with Gasteiger partial charge in [0.05, 0.1) is 6.07 Å². The molecule has 1 N–H and O–H groups in total. The Morgan fingerprint density at radius 1 is 1.21 bits per heavy atom. The van der Waals surface area contributed by atoms with E-state index in [2.05, 4.69) is 11.4 Å². The summed E-state index contributed by atoms with van der Waals surface area (Å²) in [5.41, 5.74) is 0.611. The maximum atomic E-state index is 12.1. The van der Waals surface area contributed by atoms with Crippen LogP contribution in [0, 0.1) is 17.2 Å². The van der Waals surface area contributed by atoms with Crippen molar-refractivity contribution in [1.82, 2.24) is 5.32 Å². The number of amides is 1. The molecule has 1 aliphatic rings. The molecule has 0 bridgehead atoms. The van der Waals surface area contributed by atoms with E-state index in [9.17, 15) is 4.79 Å². The minimum atomic E-state index is -0.348. The van der Waals surface area contributed by atoms with Crippen LogP contribution in [0.2, 0.25) is 0 Å². The highest BCUT2D eigenvalue weighted by atomic mass is 16.1. The van der Waals surface area contributed by atoms with Gasteiger partial charge in [-0.2, -0.15) is 5.26 Å². The summed E-state index contributed by atoms with van der Waals surface area (Å²) in [5.74, 6) is 0.179. The summed E-state index contributed by atoms with van der Waals surface area (Å²) in [6.07, 6.45) is 2.08. The molecule has 0 radical (unpaired) electrons. The van der Waals surface area contributed by atoms with Gasteiger partial charge in [0.25, 0.3) is 5.91 Å². The van der Waals surface area contributed by atoms with Crippen LogP contribution < -0.4 is 5.32 Å². The van der Waals surface area contributed by atoms with Gasteiger partial charge < -0.3 is 5.32 Å². The third-order valence-corrected chi connectivity index (χ3v) is 3.53. The van der Waals surface area contributed by atoms with Crippen LogP contribution in [-0.4, -0.2) is 11.9 Å². The smallest absolute Gasteiger partial charge is 0.252 e. The molecule has 1 amide bonds. The van der Waals surface area contributed by atoms with E-state index in [0.717, 1.165) is 23.6 Å². The van der Waals surface area contributed by atoms with Gasteiger partial charge in [-0.05, 0) is 41.7 Å². The zero-order valence-electron chi connectivity index (χ0n) is 10.5. The first-order valence-corrected chi connectivity index (χ1v) is 6.47. The van der Waals surface area contributed by atoms with Crippen molar-refractivity contribution in [1.29, 1.82) is 5.26 Å². The van der Waals surface area contributed by atoms with E-state index in [1.807, 2.05) is 36.4 Å². The van der Waals surface area contributed by atoms with Crippen LogP contribution in [0.15, 0.2) is 42.5 Å². The van der Waals surface area contributed by atoms with Crippen molar-refractivity contribution in [2.45, 2.75) is 18.9 Å². The van der Waals surface area contributed by atoms with E-state index >= 15 is 0 Å². The predicted molar refractivity (Wildman–Crippen MR) is 73.5 cm³/mol. The monoisotopic (exact) mass is 250 g/mol. The minimum absolute atomic E-state index is 0.163. The number of carbonyl (C=O) groups excluding carboxylic acids is 1. The fourth-order valence-corrected chi connectivity index (χ4v) is 2.24. The van der Waals surface area contributed by atoms with Gasteiger partial charge in [-0.25, -0.2) is 0 Å². The van der Waals surface area contributed by atoms with Crippen molar-refractivity contribution in [2.75, 3.05) is 0 Å². The van der Waals surface area contributed by atoms with Gasteiger partial charge in [0, 0.05) is 5.56 Å². The number of carbonyl (C=O) groups is 1. The molecule has 94 valence electrons. The SMILES string of the molecule is N#CC(NC(=O)c1ccc2ccccc2c1)C1CC1. The van der Waals surface area contributed by atoms with Crippen molar-refractivity contribution in [3.05, 3.63) is 48.0 Å². The van der Waals surface area contributed by atoms with Gasteiger partial charge >= 0.3 is 0 Å². The molecule has 0 heterocycles. The molecule has 19 heavy (non-hydrogen) atoms. The Balaban J connectivity index is 1.83. The molecule has 0 saturated heterocycles. The second-order valence-corrected chi connectivity index (χ2v) is 4.98. The molecule has 1 unspecified atom stereocenters. The highest BCUT2D eigenvalue weighted by Gasteiger charge is 2.32. The van der Waals surface area contributed by atoms with E-state index in [1.165, 1.54) is 0 Å². The fourth-order valence-electron chi connectivity index (χ4n) is 2.24. The number of rotatable bonds is 3. The molecule has 3 heteroatoms. The summed E-state index contributed by atoms with van der Waals surface area (Å²) >= 11 is 0. The lowest BCUT2D eigenvalue weighted by atomic mass is 10.1. The van der Waals surface area contributed by atoms with Crippen molar-refractivity contribution in [3.63, 3.8) is 0 Å². The summed E-state index contributed by atoms with van der Waals surface area (Å²) < 4.78 is 0. The Kier molecular flexibility index (Phi) is 2.92. The number of nitrogens with zero attached hydrogens (tertiary/aromatic N) is 1. The molecule has 1 atom stereocenters. The van der Waals surface area contributed by atoms with Crippen molar-refractivity contribution >= 4 is 16.7 Å². The Hall–Kier alpha value is -2.34. The highest BCUT2D eigenvalue weighted by Crippen LogP contribution is 2.32. The van der Waals surface area contributed by atoms with E-state index in [1.54, 1.807) is 6.07 Å². The number of fused-ring (bicyclic) bond motifs is 1. The largest absolute Gasteiger partial charge is 0.336 e. The summed E-state index contributed by atoms with van der Waals surface area (Å²) in [4.78, 5) is 12.1. The summed E-state index contributed by atoms with van der Waals surface area (Å²) in [5, 5.41) is 14.0.